The molecule has 1 rings (SSSR count). The summed E-state index contributed by atoms with van der Waals surface area (Å²) in [5.41, 5.74) is 0. The van der Waals surface area contributed by atoms with Gasteiger partial charge in [-0.1, -0.05) is 32.6 Å². The van der Waals surface area contributed by atoms with E-state index in [-0.39, 0.29) is 0 Å². The predicted molar refractivity (Wildman–Crippen MR) is 71.9 cm³/mol. The minimum atomic E-state index is 0.756. The number of hydrogen-bond acceptors (Lipinski definition) is 2. The predicted octanol–water partition coefficient (Wildman–Crippen LogP) is 3.03. The average molecular weight is 226 g/mol. The lowest BCUT2D eigenvalue weighted by atomic mass is 9.99. The Morgan fingerprint density at radius 3 is 2.62 bits per heavy atom. The first-order valence-corrected chi connectivity index (χ1v) is 7.17. The molecule has 96 valence electrons. The quantitative estimate of drug-likeness (QED) is 0.671. The maximum Gasteiger partial charge on any atom is 0.00940 e. The van der Waals surface area contributed by atoms with E-state index in [9.17, 15) is 0 Å². The molecule has 0 bridgehead atoms. The van der Waals surface area contributed by atoms with E-state index in [1.807, 2.05) is 0 Å². The van der Waals surface area contributed by atoms with Crippen LogP contribution >= 0.6 is 0 Å². The van der Waals surface area contributed by atoms with Gasteiger partial charge in [-0.25, -0.2) is 0 Å². The molecule has 0 aromatic rings. The van der Waals surface area contributed by atoms with Gasteiger partial charge in [-0.2, -0.15) is 0 Å². The fourth-order valence-corrected chi connectivity index (χ4v) is 2.51. The number of nitrogens with zero attached hydrogens (tertiary/aromatic N) is 1. The zero-order valence-electron chi connectivity index (χ0n) is 11.5. The molecule has 0 amide bonds. The summed E-state index contributed by atoms with van der Waals surface area (Å²) in [7, 11) is 2.24. The van der Waals surface area contributed by atoms with Crippen LogP contribution in [-0.4, -0.2) is 37.1 Å². The summed E-state index contributed by atoms with van der Waals surface area (Å²) in [6.45, 7) is 7.10. The molecular weight excluding hydrogens is 196 g/mol. The van der Waals surface area contributed by atoms with Crippen LogP contribution in [0.4, 0.5) is 0 Å². The normalized spacial score (nSPS) is 27.2. The molecule has 0 saturated carbocycles. The lowest BCUT2D eigenvalue weighted by molar-refractivity contribution is 0.168. The number of piperidine rings is 1. The Bertz CT molecular complexity index is 170. The number of rotatable bonds is 7. The maximum absolute atomic E-state index is 3.72. The van der Waals surface area contributed by atoms with Gasteiger partial charge in [-0.15, -0.1) is 0 Å². The van der Waals surface area contributed by atoms with Crippen LogP contribution < -0.4 is 5.32 Å². The van der Waals surface area contributed by atoms with Crippen molar-refractivity contribution in [1.82, 2.24) is 10.2 Å². The van der Waals surface area contributed by atoms with Gasteiger partial charge in [0, 0.05) is 12.1 Å². The third-order valence-corrected chi connectivity index (χ3v) is 3.92. The van der Waals surface area contributed by atoms with E-state index >= 15 is 0 Å². The van der Waals surface area contributed by atoms with Crippen molar-refractivity contribution in [1.29, 1.82) is 0 Å². The Morgan fingerprint density at radius 1 is 1.19 bits per heavy atom. The van der Waals surface area contributed by atoms with Gasteiger partial charge in [0.25, 0.3) is 0 Å². The van der Waals surface area contributed by atoms with Crippen LogP contribution in [0.2, 0.25) is 0 Å². The van der Waals surface area contributed by atoms with Crippen molar-refractivity contribution in [2.45, 2.75) is 70.9 Å². The number of hydrogen-bond donors (Lipinski definition) is 1. The van der Waals surface area contributed by atoms with Crippen LogP contribution in [0.3, 0.4) is 0 Å². The van der Waals surface area contributed by atoms with Crippen LogP contribution in [0.1, 0.15) is 58.8 Å². The molecule has 1 fully saturated rings. The lowest BCUT2D eigenvalue weighted by Gasteiger charge is -2.35. The molecule has 16 heavy (non-hydrogen) atoms. The SMILES string of the molecule is CCCCCCCNC1CCN(C)C(C)C1. The third-order valence-electron chi connectivity index (χ3n) is 3.92. The van der Waals surface area contributed by atoms with Gasteiger partial charge in [0.05, 0.1) is 0 Å². The molecule has 1 aliphatic heterocycles. The Hall–Kier alpha value is -0.0800. The van der Waals surface area contributed by atoms with Gasteiger partial charge >= 0.3 is 0 Å². The molecule has 1 heterocycles. The molecule has 2 atom stereocenters. The maximum atomic E-state index is 3.72. The van der Waals surface area contributed by atoms with Crippen LogP contribution in [0, 0.1) is 0 Å². The number of nitrogens with one attached hydrogen (secondary N) is 1. The summed E-state index contributed by atoms with van der Waals surface area (Å²) in [6.07, 6.45) is 9.60. The Labute approximate surface area is 102 Å². The van der Waals surface area contributed by atoms with E-state index < -0.39 is 0 Å². The van der Waals surface area contributed by atoms with Gasteiger partial charge in [0.2, 0.25) is 0 Å². The van der Waals surface area contributed by atoms with E-state index in [2.05, 4.69) is 31.1 Å². The number of likely N-dealkylation sites (tertiary alicyclic amines) is 1. The molecule has 2 unspecified atom stereocenters. The summed E-state index contributed by atoms with van der Waals surface area (Å²) in [6, 6.07) is 1.53. The largest absolute Gasteiger partial charge is 0.314 e. The van der Waals surface area contributed by atoms with E-state index in [4.69, 9.17) is 0 Å². The van der Waals surface area contributed by atoms with Crippen LogP contribution in [0.25, 0.3) is 0 Å². The highest BCUT2D eigenvalue weighted by Crippen LogP contribution is 2.15. The van der Waals surface area contributed by atoms with Crippen molar-refractivity contribution in [3.8, 4) is 0 Å². The number of unbranched alkanes of at least 4 members (excludes halogenated alkanes) is 4. The van der Waals surface area contributed by atoms with Gasteiger partial charge in [-0.05, 0) is 46.3 Å². The van der Waals surface area contributed by atoms with Crippen LogP contribution in [0.15, 0.2) is 0 Å². The highest BCUT2D eigenvalue weighted by atomic mass is 15.1. The molecule has 0 aromatic heterocycles. The van der Waals surface area contributed by atoms with Crippen molar-refractivity contribution in [3.63, 3.8) is 0 Å². The summed E-state index contributed by atoms with van der Waals surface area (Å²) in [5, 5.41) is 3.72. The summed E-state index contributed by atoms with van der Waals surface area (Å²) in [5.74, 6) is 0. The van der Waals surface area contributed by atoms with Crippen LogP contribution in [0.5, 0.6) is 0 Å². The van der Waals surface area contributed by atoms with E-state index in [0.29, 0.717) is 0 Å². The first-order valence-electron chi connectivity index (χ1n) is 7.17. The average Bonchev–Trinajstić information content (AvgIpc) is 2.28. The van der Waals surface area contributed by atoms with E-state index in [1.54, 1.807) is 0 Å². The fourth-order valence-electron chi connectivity index (χ4n) is 2.51. The zero-order valence-corrected chi connectivity index (χ0v) is 11.5. The van der Waals surface area contributed by atoms with Crippen LogP contribution in [-0.2, 0) is 0 Å². The highest BCUT2D eigenvalue weighted by Gasteiger charge is 2.21. The molecule has 2 nitrogen and oxygen atoms in total. The molecular formula is C14H30N2. The van der Waals surface area contributed by atoms with Gasteiger partial charge in [0.1, 0.15) is 0 Å². The van der Waals surface area contributed by atoms with Crippen molar-refractivity contribution in [3.05, 3.63) is 0 Å². The highest BCUT2D eigenvalue weighted by molar-refractivity contribution is 4.80. The van der Waals surface area contributed by atoms with Crippen molar-refractivity contribution in [2.24, 2.45) is 0 Å². The van der Waals surface area contributed by atoms with E-state index in [0.717, 1.165) is 12.1 Å². The molecule has 1 aliphatic rings. The summed E-state index contributed by atoms with van der Waals surface area (Å²) >= 11 is 0. The molecule has 0 spiro atoms. The standard InChI is InChI=1S/C14H30N2/c1-4-5-6-7-8-10-15-14-9-11-16(3)13(2)12-14/h13-15H,4-12H2,1-3H3. The van der Waals surface area contributed by atoms with Gasteiger partial charge in [0.15, 0.2) is 0 Å². The smallest absolute Gasteiger partial charge is 0.00940 e. The first kappa shape index (κ1) is 14.0. The van der Waals surface area contributed by atoms with E-state index in [1.165, 1.54) is 58.0 Å². The Balaban J connectivity index is 1.97. The minimum Gasteiger partial charge on any atom is -0.314 e. The molecule has 1 saturated heterocycles. The molecule has 0 radical (unpaired) electrons. The van der Waals surface area contributed by atoms with Crippen molar-refractivity contribution < 1.29 is 0 Å². The molecule has 2 heteroatoms. The van der Waals surface area contributed by atoms with Gasteiger partial charge < -0.3 is 10.2 Å². The lowest BCUT2D eigenvalue weighted by Crippen LogP contribution is -2.45. The first-order chi connectivity index (χ1) is 7.74. The summed E-state index contributed by atoms with van der Waals surface area (Å²) < 4.78 is 0. The Morgan fingerprint density at radius 2 is 1.94 bits per heavy atom. The second-order valence-electron chi connectivity index (χ2n) is 5.42. The zero-order chi connectivity index (χ0) is 11.8. The third kappa shape index (κ3) is 5.31. The van der Waals surface area contributed by atoms with Crippen molar-refractivity contribution in [2.75, 3.05) is 20.1 Å². The minimum absolute atomic E-state index is 0.756. The second kappa shape index (κ2) is 8.08. The second-order valence-corrected chi connectivity index (χ2v) is 5.42. The monoisotopic (exact) mass is 226 g/mol. The molecule has 0 aliphatic carbocycles. The topological polar surface area (TPSA) is 15.3 Å². The molecule has 0 aromatic carbocycles. The Kier molecular flexibility index (Phi) is 7.06. The fraction of sp³-hybridized carbons (Fsp3) is 1.00. The summed E-state index contributed by atoms with van der Waals surface area (Å²) in [4.78, 5) is 2.47. The van der Waals surface area contributed by atoms with Crippen molar-refractivity contribution >= 4 is 0 Å². The van der Waals surface area contributed by atoms with Gasteiger partial charge in [-0.3, -0.25) is 0 Å². The molecule has 1 N–H and O–H groups in total.